The highest BCUT2D eigenvalue weighted by Gasteiger charge is 2.44. The van der Waals surface area contributed by atoms with Crippen LogP contribution in [0.15, 0.2) is 24.3 Å². The summed E-state index contributed by atoms with van der Waals surface area (Å²) < 4.78 is 28.5. The molecule has 3 aliphatic rings. The Morgan fingerprint density at radius 2 is 1.88 bits per heavy atom. The Morgan fingerprint density at radius 1 is 1.12 bits per heavy atom. The highest BCUT2D eigenvalue weighted by molar-refractivity contribution is 7.86. The zero-order chi connectivity index (χ0) is 23.6. The number of rotatable bonds is 6. The van der Waals surface area contributed by atoms with Gasteiger partial charge in [0.25, 0.3) is 10.2 Å². The van der Waals surface area contributed by atoms with Crippen LogP contribution in [-0.2, 0) is 26.3 Å². The van der Waals surface area contributed by atoms with Crippen LogP contribution >= 0.6 is 0 Å². The number of nitriles is 1. The number of hydrogen-bond donors (Lipinski definition) is 1. The first-order valence-corrected chi connectivity index (χ1v) is 13.0. The molecule has 0 aromatic heterocycles. The fourth-order valence-electron chi connectivity index (χ4n) is 4.89. The second kappa shape index (κ2) is 9.79. The van der Waals surface area contributed by atoms with Gasteiger partial charge in [-0.3, -0.25) is 9.59 Å². The highest BCUT2D eigenvalue weighted by Crippen LogP contribution is 2.29. The predicted molar refractivity (Wildman–Crippen MR) is 122 cm³/mol. The summed E-state index contributed by atoms with van der Waals surface area (Å²) in [4.78, 5) is 27.8. The Hall–Kier alpha value is -2.48. The summed E-state index contributed by atoms with van der Waals surface area (Å²) in [5.74, 6) is -1.01. The zero-order valence-corrected chi connectivity index (χ0v) is 19.8. The largest absolute Gasteiger partial charge is 0.350 e. The van der Waals surface area contributed by atoms with E-state index in [0.717, 1.165) is 17.5 Å². The molecule has 3 fully saturated rings. The molecule has 0 saturated carbocycles. The number of piperidine rings is 1. The number of benzene rings is 1. The van der Waals surface area contributed by atoms with Gasteiger partial charge in [-0.05, 0) is 38.2 Å². The second-order valence-electron chi connectivity index (χ2n) is 9.24. The number of nitrogens with zero attached hydrogens (tertiary/aromatic N) is 4. The van der Waals surface area contributed by atoms with Crippen LogP contribution in [0.1, 0.15) is 36.8 Å². The van der Waals surface area contributed by atoms with E-state index in [2.05, 4.69) is 11.4 Å². The second-order valence-corrected chi connectivity index (χ2v) is 11.2. The molecule has 1 unspecified atom stereocenters. The molecule has 0 bridgehead atoms. The van der Waals surface area contributed by atoms with E-state index in [4.69, 9.17) is 5.26 Å². The summed E-state index contributed by atoms with van der Waals surface area (Å²) in [5.41, 5.74) is 2.13. The number of amides is 2. The van der Waals surface area contributed by atoms with Gasteiger partial charge in [-0.15, -0.1) is 0 Å². The van der Waals surface area contributed by atoms with Crippen LogP contribution in [0, 0.1) is 30.1 Å². The number of nitrogens with one attached hydrogen (secondary N) is 1. The molecule has 9 nitrogen and oxygen atoms in total. The van der Waals surface area contributed by atoms with Crippen molar-refractivity contribution >= 4 is 22.0 Å². The lowest BCUT2D eigenvalue weighted by Gasteiger charge is -2.41. The van der Waals surface area contributed by atoms with Gasteiger partial charge in [0.1, 0.15) is 6.04 Å². The average molecular weight is 474 g/mol. The number of likely N-dealkylation sites (tertiary alicyclic amines) is 1. The van der Waals surface area contributed by atoms with Gasteiger partial charge < -0.3 is 10.2 Å². The van der Waals surface area contributed by atoms with Crippen LogP contribution in [0.5, 0.6) is 0 Å². The number of carbonyl (C=O) groups excluding carboxylic acids is 2. The van der Waals surface area contributed by atoms with Crippen LogP contribution in [-0.4, -0.2) is 72.5 Å². The molecule has 1 aromatic carbocycles. The summed E-state index contributed by atoms with van der Waals surface area (Å²) in [6, 6.07) is 9.50. The molecule has 2 amide bonds. The molecule has 1 N–H and O–H groups in total. The van der Waals surface area contributed by atoms with Crippen molar-refractivity contribution in [1.82, 2.24) is 18.8 Å². The van der Waals surface area contributed by atoms with E-state index in [1.165, 1.54) is 8.61 Å². The van der Waals surface area contributed by atoms with E-state index in [0.29, 0.717) is 38.9 Å². The number of carbonyl (C=O) groups is 2. The summed E-state index contributed by atoms with van der Waals surface area (Å²) in [5, 5.41) is 11.9. The zero-order valence-electron chi connectivity index (χ0n) is 18.9. The predicted octanol–water partition coefficient (Wildman–Crippen LogP) is 1.01. The lowest BCUT2D eigenvalue weighted by atomic mass is 9.97. The van der Waals surface area contributed by atoms with Gasteiger partial charge in [0.15, 0.2) is 0 Å². The molecular weight excluding hydrogens is 442 g/mol. The molecule has 0 radical (unpaired) electrons. The molecular formula is C23H31N5O4S. The molecule has 0 aliphatic carbocycles. The fourth-order valence-corrected chi connectivity index (χ4v) is 6.68. The molecule has 33 heavy (non-hydrogen) atoms. The molecule has 1 aromatic rings. The van der Waals surface area contributed by atoms with Crippen molar-refractivity contribution in [2.45, 2.75) is 45.2 Å². The Labute approximate surface area is 195 Å². The maximum Gasteiger partial charge on any atom is 0.282 e. The van der Waals surface area contributed by atoms with Crippen LogP contribution in [0.2, 0.25) is 0 Å². The van der Waals surface area contributed by atoms with E-state index in [1.807, 2.05) is 31.2 Å². The molecule has 2 atom stereocenters. The van der Waals surface area contributed by atoms with E-state index in [-0.39, 0.29) is 37.4 Å². The Morgan fingerprint density at radius 3 is 2.61 bits per heavy atom. The standard InChI is InChI=1S/C23H31N5O4S/c1-17-5-2-6-18(11-17)13-25-22(29)21-8-4-10-28(21)23(30)20-7-3-9-26(16-20)33(31,32)27-14-19(12-24)15-27/h2,5-6,11,19-21H,3-4,7-10,13-16H2,1H3,(H,25,29)/t20?,21-/m1/s1. The normalized spacial score (nSPS) is 24.8. The quantitative estimate of drug-likeness (QED) is 0.663. The van der Waals surface area contributed by atoms with Crippen molar-refractivity contribution in [2.24, 2.45) is 11.8 Å². The van der Waals surface area contributed by atoms with E-state index < -0.39 is 22.2 Å². The SMILES string of the molecule is Cc1cccc(CNC(=O)[C@H]2CCCN2C(=O)C2CCCN(S(=O)(=O)N3CC(C#N)C3)C2)c1. The van der Waals surface area contributed by atoms with Crippen molar-refractivity contribution in [3.05, 3.63) is 35.4 Å². The van der Waals surface area contributed by atoms with Crippen molar-refractivity contribution in [1.29, 1.82) is 5.26 Å². The Kier molecular flexibility index (Phi) is 7.02. The number of hydrogen-bond acceptors (Lipinski definition) is 5. The maximum atomic E-state index is 13.3. The minimum absolute atomic E-state index is 0.128. The molecule has 3 saturated heterocycles. The van der Waals surface area contributed by atoms with Gasteiger partial charge in [-0.25, -0.2) is 0 Å². The van der Waals surface area contributed by atoms with E-state index in [9.17, 15) is 18.0 Å². The van der Waals surface area contributed by atoms with Crippen molar-refractivity contribution in [3.63, 3.8) is 0 Å². The summed E-state index contributed by atoms with van der Waals surface area (Å²) in [7, 11) is -3.67. The summed E-state index contributed by atoms with van der Waals surface area (Å²) in [6.07, 6.45) is 2.58. The van der Waals surface area contributed by atoms with Gasteiger partial charge in [0.2, 0.25) is 11.8 Å². The van der Waals surface area contributed by atoms with Gasteiger partial charge in [-0.2, -0.15) is 22.3 Å². The summed E-state index contributed by atoms with van der Waals surface area (Å²) >= 11 is 0. The lowest BCUT2D eigenvalue weighted by Crippen LogP contribution is -2.57. The van der Waals surface area contributed by atoms with E-state index >= 15 is 0 Å². The molecule has 3 heterocycles. The Balaban J connectivity index is 1.36. The van der Waals surface area contributed by atoms with Gasteiger partial charge in [-0.1, -0.05) is 29.8 Å². The fraction of sp³-hybridized carbons (Fsp3) is 0.609. The Bertz CT molecular complexity index is 1050. The number of aryl methyl sites for hydroxylation is 1. The first-order valence-electron chi connectivity index (χ1n) is 11.6. The van der Waals surface area contributed by atoms with Gasteiger partial charge in [0, 0.05) is 39.3 Å². The smallest absolute Gasteiger partial charge is 0.282 e. The minimum Gasteiger partial charge on any atom is -0.350 e. The maximum absolute atomic E-state index is 13.3. The van der Waals surface area contributed by atoms with Crippen molar-refractivity contribution < 1.29 is 18.0 Å². The lowest BCUT2D eigenvalue weighted by molar-refractivity contribution is -0.142. The van der Waals surface area contributed by atoms with Crippen LogP contribution < -0.4 is 5.32 Å². The molecule has 0 spiro atoms. The first kappa shape index (κ1) is 23.7. The van der Waals surface area contributed by atoms with Crippen molar-refractivity contribution in [3.8, 4) is 6.07 Å². The third-order valence-corrected chi connectivity index (χ3v) is 8.74. The van der Waals surface area contributed by atoms with Gasteiger partial charge in [0.05, 0.1) is 17.9 Å². The van der Waals surface area contributed by atoms with Gasteiger partial charge >= 0.3 is 0 Å². The van der Waals surface area contributed by atoms with E-state index in [1.54, 1.807) is 4.90 Å². The molecule has 10 heteroatoms. The first-order chi connectivity index (χ1) is 15.8. The van der Waals surface area contributed by atoms with Crippen LogP contribution in [0.4, 0.5) is 0 Å². The highest BCUT2D eigenvalue weighted by atomic mass is 32.2. The van der Waals surface area contributed by atoms with Crippen molar-refractivity contribution in [2.75, 3.05) is 32.7 Å². The third kappa shape index (κ3) is 5.05. The molecule has 4 rings (SSSR count). The van der Waals surface area contributed by atoms with Crippen LogP contribution in [0.3, 0.4) is 0 Å². The summed E-state index contributed by atoms with van der Waals surface area (Å²) in [6.45, 7) is 3.85. The monoisotopic (exact) mass is 473 g/mol. The molecule has 3 aliphatic heterocycles. The topological polar surface area (TPSA) is 114 Å². The third-order valence-electron chi connectivity index (χ3n) is 6.80. The van der Waals surface area contributed by atoms with Crippen LogP contribution in [0.25, 0.3) is 0 Å². The molecule has 178 valence electrons. The average Bonchev–Trinajstić information content (AvgIpc) is 3.26. The minimum atomic E-state index is -3.67.